The maximum Gasteiger partial charge on any atom is -0.00639 e. The maximum atomic E-state index is 2.31. The summed E-state index contributed by atoms with van der Waals surface area (Å²) in [6.45, 7) is 2.14. The maximum absolute atomic E-state index is 2.31. The second-order valence-electron chi connectivity index (χ2n) is 5.55. The van der Waals surface area contributed by atoms with Crippen molar-refractivity contribution in [3.05, 3.63) is 89.0 Å². The largest absolute Gasteiger partial charge is 0.0655 e. The topological polar surface area (TPSA) is 0 Å². The lowest BCUT2D eigenvalue weighted by Gasteiger charge is -2.15. The van der Waals surface area contributed by atoms with Crippen molar-refractivity contribution < 1.29 is 0 Å². The van der Waals surface area contributed by atoms with Gasteiger partial charge in [-0.25, -0.2) is 0 Å². The van der Waals surface area contributed by atoms with Crippen LogP contribution in [0.5, 0.6) is 0 Å². The van der Waals surface area contributed by atoms with E-state index in [4.69, 9.17) is 0 Å². The number of rotatable bonds is 3. The molecule has 0 amide bonds. The van der Waals surface area contributed by atoms with E-state index in [9.17, 15) is 0 Å². The second kappa shape index (κ2) is 5.92. The molecule has 0 aliphatic heterocycles. The Labute approximate surface area is 121 Å². The molecule has 0 radical (unpaired) electrons. The predicted molar refractivity (Wildman–Crippen MR) is 86.6 cm³/mol. The Morgan fingerprint density at radius 2 is 1.55 bits per heavy atom. The van der Waals surface area contributed by atoms with Crippen molar-refractivity contribution >= 4 is 5.57 Å². The average Bonchev–Trinajstić information content (AvgIpc) is 2.50. The fourth-order valence-corrected chi connectivity index (χ4v) is 2.69. The Hall–Kier alpha value is -2.08. The number of hydrogen-bond acceptors (Lipinski definition) is 0. The minimum atomic E-state index is 1.08. The first-order valence-electron chi connectivity index (χ1n) is 7.31. The summed E-state index contributed by atoms with van der Waals surface area (Å²) in [4.78, 5) is 0. The third-order valence-corrected chi connectivity index (χ3v) is 3.93. The normalized spacial score (nSPS) is 14.7. The lowest BCUT2D eigenvalue weighted by atomic mass is 9.90. The molecule has 0 heteroatoms. The van der Waals surface area contributed by atoms with Gasteiger partial charge in [-0.05, 0) is 42.9 Å². The highest BCUT2D eigenvalue weighted by atomic mass is 14.1. The summed E-state index contributed by atoms with van der Waals surface area (Å²) in [6.07, 6.45) is 8.02. The van der Waals surface area contributed by atoms with Gasteiger partial charge in [-0.15, -0.1) is 0 Å². The van der Waals surface area contributed by atoms with E-state index >= 15 is 0 Å². The van der Waals surface area contributed by atoms with E-state index in [0.717, 1.165) is 12.8 Å². The molecule has 100 valence electrons. The molecule has 0 heterocycles. The quantitative estimate of drug-likeness (QED) is 0.698. The summed E-state index contributed by atoms with van der Waals surface area (Å²) >= 11 is 0. The van der Waals surface area contributed by atoms with Crippen molar-refractivity contribution in [1.29, 1.82) is 0 Å². The molecule has 20 heavy (non-hydrogen) atoms. The Kier molecular flexibility index (Phi) is 3.83. The standard InChI is InChI=1S/C20H20/c1-16-7-11-19(12-8-16)20-13-9-18(10-14-20)15-17-5-3-2-4-6-17/h2-9,11-13H,10,14-15H2,1H3. The molecule has 0 atom stereocenters. The van der Waals surface area contributed by atoms with Gasteiger partial charge in [-0.2, -0.15) is 0 Å². The molecule has 2 aromatic rings. The Bertz CT molecular complexity index is 627. The SMILES string of the molecule is Cc1ccc(C2=CC=C(Cc3ccccc3)CC2)cc1. The highest BCUT2D eigenvalue weighted by molar-refractivity contribution is 5.69. The van der Waals surface area contributed by atoms with Crippen molar-refractivity contribution in [2.24, 2.45) is 0 Å². The molecular weight excluding hydrogens is 240 g/mol. The lowest BCUT2D eigenvalue weighted by molar-refractivity contribution is 0.923. The van der Waals surface area contributed by atoms with Crippen LogP contribution in [0.4, 0.5) is 0 Å². The first-order chi connectivity index (χ1) is 9.81. The van der Waals surface area contributed by atoms with Gasteiger partial charge >= 0.3 is 0 Å². The van der Waals surface area contributed by atoms with Crippen LogP contribution in [-0.4, -0.2) is 0 Å². The lowest BCUT2D eigenvalue weighted by Crippen LogP contribution is -1.97. The van der Waals surface area contributed by atoms with Gasteiger partial charge in [-0.3, -0.25) is 0 Å². The van der Waals surface area contributed by atoms with Crippen LogP contribution in [0, 0.1) is 6.92 Å². The minimum Gasteiger partial charge on any atom is -0.0655 e. The van der Waals surface area contributed by atoms with Crippen molar-refractivity contribution in [2.45, 2.75) is 26.2 Å². The second-order valence-corrected chi connectivity index (χ2v) is 5.55. The van der Waals surface area contributed by atoms with E-state index in [2.05, 4.69) is 73.7 Å². The Morgan fingerprint density at radius 3 is 2.20 bits per heavy atom. The van der Waals surface area contributed by atoms with Crippen LogP contribution < -0.4 is 0 Å². The first-order valence-corrected chi connectivity index (χ1v) is 7.31. The molecule has 0 bridgehead atoms. The van der Waals surface area contributed by atoms with E-state index in [-0.39, 0.29) is 0 Å². The highest BCUT2D eigenvalue weighted by Gasteiger charge is 2.08. The summed E-state index contributed by atoms with van der Waals surface area (Å²) in [6, 6.07) is 19.6. The Morgan fingerprint density at radius 1 is 0.800 bits per heavy atom. The third kappa shape index (κ3) is 3.08. The fraction of sp³-hybridized carbons (Fsp3) is 0.200. The minimum absolute atomic E-state index is 1.08. The molecule has 0 unspecified atom stereocenters. The van der Waals surface area contributed by atoms with Gasteiger partial charge in [0.15, 0.2) is 0 Å². The van der Waals surface area contributed by atoms with Gasteiger partial charge in [0.25, 0.3) is 0 Å². The molecule has 3 rings (SSSR count). The van der Waals surface area contributed by atoms with Crippen LogP contribution in [0.2, 0.25) is 0 Å². The van der Waals surface area contributed by atoms with Gasteiger partial charge in [0, 0.05) is 0 Å². The summed E-state index contributed by atoms with van der Waals surface area (Å²) in [5.41, 5.74) is 7.09. The monoisotopic (exact) mass is 260 g/mol. The zero-order valence-electron chi connectivity index (χ0n) is 12.0. The van der Waals surface area contributed by atoms with Gasteiger partial charge in [-0.1, -0.05) is 77.9 Å². The van der Waals surface area contributed by atoms with Crippen LogP contribution in [0.25, 0.3) is 5.57 Å². The molecular formula is C20H20. The zero-order valence-corrected chi connectivity index (χ0v) is 12.0. The van der Waals surface area contributed by atoms with Crippen molar-refractivity contribution in [2.75, 3.05) is 0 Å². The molecule has 0 spiro atoms. The summed E-state index contributed by atoms with van der Waals surface area (Å²) in [5, 5.41) is 0. The van der Waals surface area contributed by atoms with Crippen LogP contribution >= 0.6 is 0 Å². The number of hydrogen-bond donors (Lipinski definition) is 0. The average molecular weight is 260 g/mol. The molecule has 0 nitrogen and oxygen atoms in total. The van der Waals surface area contributed by atoms with Crippen LogP contribution in [0.1, 0.15) is 29.5 Å². The first kappa shape index (κ1) is 12.9. The third-order valence-electron chi connectivity index (χ3n) is 3.93. The predicted octanol–water partition coefficient (Wildman–Crippen LogP) is 5.34. The number of aryl methyl sites for hydroxylation is 1. The molecule has 1 aliphatic rings. The van der Waals surface area contributed by atoms with E-state index in [1.54, 1.807) is 0 Å². The molecule has 1 aliphatic carbocycles. The smallest absolute Gasteiger partial charge is 0.00639 e. The highest BCUT2D eigenvalue weighted by Crippen LogP contribution is 2.28. The summed E-state index contributed by atoms with van der Waals surface area (Å²) in [7, 11) is 0. The van der Waals surface area contributed by atoms with Gasteiger partial charge in [0.1, 0.15) is 0 Å². The summed E-state index contributed by atoms with van der Waals surface area (Å²) < 4.78 is 0. The van der Waals surface area contributed by atoms with E-state index in [1.165, 1.54) is 34.3 Å². The van der Waals surface area contributed by atoms with Crippen molar-refractivity contribution in [3.63, 3.8) is 0 Å². The fourth-order valence-electron chi connectivity index (χ4n) is 2.69. The molecule has 2 aromatic carbocycles. The zero-order chi connectivity index (χ0) is 13.8. The van der Waals surface area contributed by atoms with Crippen molar-refractivity contribution in [1.82, 2.24) is 0 Å². The van der Waals surface area contributed by atoms with Gasteiger partial charge in [0.2, 0.25) is 0 Å². The molecule has 0 N–H and O–H groups in total. The molecule has 0 saturated carbocycles. The van der Waals surface area contributed by atoms with Crippen LogP contribution in [0.3, 0.4) is 0 Å². The number of allylic oxidation sites excluding steroid dienone is 4. The molecule has 0 saturated heterocycles. The van der Waals surface area contributed by atoms with Crippen LogP contribution in [-0.2, 0) is 6.42 Å². The van der Waals surface area contributed by atoms with E-state index in [0.29, 0.717) is 0 Å². The Balaban J connectivity index is 1.74. The van der Waals surface area contributed by atoms with Crippen molar-refractivity contribution in [3.8, 4) is 0 Å². The molecule has 0 aromatic heterocycles. The van der Waals surface area contributed by atoms with Gasteiger partial charge in [0.05, 0.1) is 0 Å². The molecule has 0 fully saturated rings. The van der Waals surface area contributed by atoms with Crippen LogP contribution in [0.15, 0.2) is 72.3 Å². The van der Waals surface area contributed by atoms with Gasteiger partial charge < -0.3 is 0 Å². The van der Waals surface area contributed by atoms with E-state index < -0.39 is 0 Å². The van der Waals surface area contributed by atoms with E-state index in [1.807, 2.05) is 0 Å². The number of benzene rings is 2. The summed E-state index contributed by atoms with van der Waals surface area (Å²) in [5.74, 6) is 0.